The summed E-state index contributed by atoms with van der Waals surface area (Å²) in [6.45, 7) is 6.52. The van der Waals surface area contributed by atoms with Crippen molar-refractivity contribution in [1.82, 2.24) is 0 Å². The highest BCUT2D eigenvalue weighted by atomic mass is 16.6. The molecular weight excluding hydrogens is 901 g/mol. The van der Waals surface area contributed by atoms with E-state index in [9.17, 15) is 14.4 Å². The molecular formula is C67H118O6. The van der Waals surface area contributed by atoms with Gasteiger partial charge >= 0.3 is 17.9 Å². The zero-order valence-corrected chi connectivity index (χ0v) is 48.4. The summed E-state index contributed by atoms with van der Waals surface area (Å²) >= 11 is 0. The van der Waals surface area contributed by atoms with Crippen LogP contribution in [-0.2, 0) is 28.6 Å². The number of carbonyl (C=O) groups is 3. The summed E-state index contributed by atoms with van der Waals surface area (Å²) in [6, 6.07) is 0. The van der Waals surface area contributed by atoms with E-state index in [1.54, 1.807) is 0 Å². The highest BCUT2D eigenvalue weighted by Gasteiger charge is 2.19. The lowest BCUT2D eigenvalue weighted by molar-refractivity contribution is -0.167. The number of hydrogen-bond donors (Lipinski definition) is 0. The van der Waals surface area contributed by atoms with Crippen molar-refractivity contribution < 1.29 is 28.6 Å². The molecule has 1 atom stereocenters. The minimum Gasteiger partial charge on any atom is -0.462 e. The third-order valence-electron chi connectivity index (χ3n) is 13.7. The molecule has 0 saturated carbocycles. The average molecular weight is 1020 g/mol. The highest BCUT2D eigenvalue weighted by molar-refractivity contribution is 5.71. The molecule has 0 radical (unpaired) electrons. The van der Waals surface area contributed by atoms with Gasteiger partial charge < -0.3 is 14.2 Å². The lowest BCUT2D eigenvalue weighted by Crippen LogP contribution is -2.30. The maximum absolute atomic E-state index is 12.9. The van der Waals surface area contributed by atoms with Crippen LogP contribution in [0.3, 0.4) is 0 Å². The van der Waals surface area contributed by atoms with Gasteiger partial charge in [-0.2, -0.15) is 0 Å². The fraction of sp³-hybridized carbons (Fsp3) is 0.776. The van der Waals surface area contributed by atoms with E-state index in [1.165, 1.54) is 180 Å². The number of allylic oxidation sites excluding steroid dienone is 12. The Bertz CT molecular complexity index is 1360. The summed E-state index contributed by atoms with van der Waals surface area (Å²) in [7, 11) is 0. The number of hydrogen-bond acceptors (Lipinski definition) is 6. The highest BCUT2D eigenvalue weighted by Crippen LogP contribution is 2.17. The number of ether oxygens (including phenoxy) is 3. The summed E-state index contributed by atoms with van der Waals surface area (Å²) in [6.07, 6.45) is 79.2. The van der Waals surface area contributed by atoms with Crippen LogP contribution in [0.2, 0.25) is 0 Å². The van der Waals surface area contributed by atoms with Gasteiger partial charge in [0.05, 0.1) is 0 Å². The summed E-state index contributed by atoms with van der Waals surface area (Å²) in [5.41, 5.74) is 0. The van der Waals surface area contributed by atoms with E-state index in [1.807, 2.05) is 0 Å². The Balaban J connectivity index is 4.33. The summed E-state index contributed by atoms with van der Waals surface area (Å²) in [4.78, 5) is 38.2. The molecule has 0 aliphatic carbocycles. The molecule has 1 unspecified atom stereocenters. The zero-order chi connectivity index (χ0) is 52.9. The predicted molar refractivity (Wildman–Crippen MR) is 316 cm³/mol. The van der Waals surface area contributed by atoms with Gasteiger partial charge in [0.15, 0.2) is 6.10 Å². The van der Waals surface area contributed by atoms with Gasteiger partial charge in [-0.05, 0) is 70.6 Å². The van der Waals surface area contributed by atoms with Crippen molar-refractivity contribution in [3.05, 3.63) is 72.9 Å². The number of esters is 3. The van der Waals surface area contributed by atoms with Crippen molar-refractivity contribution in [2.75, 3.05) is 13.2 Å². The minimum atomic E-state index is -0.796. The standard InChI is InChI=1S/C67H118O6/c1-4-7-10-13-16-19-22-24-26-28-30-32-33-35-36-38-40-42-45-48-51-54-57-60-66(69)72-63-64(62-71-65(68)59-56-53-50-47-44-21-18-15-12-9-6-3)73-67(70)61-58-55-52-49-46-43-41-39-37-34-31-29-27-25-23-20-17-14-11-8-5-2/h8,11,17,20,25,27,31,34,39,41,46,49,64H,4-7,9-10,12-16,18-19,21-24,26,28-30,32-33,35-38,40,42-45,47-48,50-63H2,1-3H3/b11-8-,20-17-,27-25-,34-31-,41-39-,49-46-. The molecule has 0 saturated heterocycles. The van der Waals surface area contributed by atoms with E-state index in [4.69, 9.17) is 14.2 Å². The maximum atomic E-state index is 12.9. The lowest BCUT2D eigenvalue weighted by Gasteiger charge is -2.18. The van der Waals surface area contributed by atoms with E-state index in [-0.39, 0.29) is 37.5 Å². The second-order valence-corrected chi connectivity index (χ2v) is 21.0. The smallest absolute Gasteiger partial charge is 0.306 e. The zero-order valence-electron chi connectivity index (χ0n) is 48.4. The summed E-state index contributed by atoms with van der Waals surface area (Å²) in [5, 5.41) is 0. The number of carbonyl (C=O) groups excluding carboxylic acids is 3. The van der Waals surface area contributed by atoms with Crippen LogP contribution in [0.1, 0.15) is 316 Å². The molecule has 0 bridgehead atoms. The molecule has 422 valence electrons. The number of rotatable bonds is 57. The maximum Gasteiger partial charge on any atom is 0.306 e. The molecule has 73 heavy (non-hydrogen) atoms. The van der Waals surface area contributed by atoms with Crippen LogP contribution in [0, 0.1) is 0 Å². The first-order chi connectivity index (χ1) is 36.0. The van der Waals surface area contributed by atoms with Crippen molar-refractivity contribution in [2.45, 2.75) is 322 Å². The van der Waals surface area contributed by atoms with Gasteiger partial charge in [-0.3, -0.25) is 14.4 Å². The molecule has 0 N–H and O–H groups in total. The third kappa shape index (κ3) is 59.6. The van der Waals surface area contributed by atoms with E-state index < -0.39 is 6.10 Å². The van der Waals surface area contributed by atoms with Crippen molar-refractivity contribution in [3.63, 3.8) is 0 Å². The molecule has 0 aliphatic rings. The summed E-state index contributed by atoms with van der Waals surface area (Å²) < 4.78 is 16.9. The van der Waals surface area contributed by atoms with E-state index >= 15 is 0 Å². The van der Waals surface area contributed by atoms with Crippen LogP contribution in [-0.4, -0.2) is 37.2 Å². The molecule has 0 aromatic heterocycles. The Kier molecular flexibility index (Phi) is 58.7. The van der Waals surface area contributed by atoms with E-state index in [2.05, 4.69) is 93.7 Å². The van der Waals surface area contributed by atoms with Gasteiger partial charge in [-0.15, -0.1) is 0 Å². The Hall–Kier alpha value is -3.15. The summed E-state index contributed by atoms with van der Waals surface area (Å²) in [5.74, 6) is -0.919. The molecule has 6 nitrogen and oxygen atoms in total. The Morgan fingerprint density at radius 1 is 0.288 bits per heavy atom. The van der Waals surface area contributed by atoms with Gasteiger partial charge in [0.1, 0.15) is 13.2 Å². The molecule has 0 aliphatic heterocycles. The molecule has 6 heteroatoms. The SMILES string of the molecule is CC/C=C\C/C=C\C/C=C\C/C=C\C/C=C\C/C=C\CCCCC(=O)OC(COC(=O)CCCCCCCCCCCCC)COC(=O)CCCCCCCCCCCCCCCCCCCCCCCCC. The van der Waals surface area contributed by atoms with E-state index in [0.29, 0.717) is 19.3 Å². The lowest BCUT2D eigenvalue weighted by atomic mass is 10.0. The first-order valence-electron chi connectivity index (χ1n) is 31.4. The first-order valence-corrected chi connectivity index (χ1v) is 31.4. The first kappa shape index (κ1) is 69.8. The Morgan fingerprint density at radius 2 is 0.534 bits per heavy atom. The topological polar surface area (TPSA) is 78.9 Å². The Labute approximate surface area is 453 Å². The molecule has 0 aromatic carbocycles. The second-order valence-electron chi connectivity index (χ2n) is 21.0. The van der Waals surface area contributed by atoms with Crippen LogP contribution in [0.4, 0.5) is 0 Å². The molecule has 0 amide bonds. The molecule has 0 rings (SSSR count). The average Bonchev–Trinajstić information content (AvgIpc) is 3.39. The van der Waals surface area contributed by atoms with Crippen LogP contribution in [0.15, 0.2) is 72.9 Å². The van der Waals surface area contributed by atoms with Gasteiger partial charge in [0, 0.05) is 19.3 Å². The van der Waals surface area contributed by atoms with E-state index in [0.717, 1.165) is 89.9 Å². The van der Waals surface area contributed by atoms with Gasteiger partial charge in [0.25, 0.3) is 0 Å². The van der Waals surface area contributed by atoms with Crippen molar-refractivity contribution in [2.24, 2.45) is 0 Å². The van der Waals surface area contributed by atoms with Crippen molar-refractivity contribution >= 4 is 17.9 Å². The predicted octanol–water partition coefficient (Wildman–Crippen LogP) is 21.3. The second kappa shape index (κ2) is 61.4. The fourth-order valence-electron chi connectivity index (χ4n) is 9.04. The quantitative estimate of drug-likeness (QED) is 0.0261. The van der Waals surface area contributed by atoms with Crippen LogP contribution in [0.25, 0.3) is 0 Å². The molecule has 0 aromatic rings. The molecule has 0 fully saturated rings. The molecule has 0 heterocycles. The van der Waals surface area contributed by atoms with Gasteiger partial charge in [0.2, 0.25) is 0 Å². The van der Waals surface area contributed by atoms with Crippen molar-refractivity contribution in [1.29, 1.82) is 0 Å². The normalized spacial score (nSPS) is 12.5. The third-order valence-corrected chi connectivity index (χ3v) is 13.7. The number of unbranched alkanes of at least 4 members (excludes halogenated alkanes) is 34. The fourth-order valence-corrected chi connectivity index (χ4v) is 9.04. The van der Waals surface area contributed by atoms with Crippen molar-refractivity contribution in [3.8, 4) is 0 Å². The minimum absolute atomic E-state index is 0.0891. The van der Waals surface area contributed by atoms with Gasteiger partial charge in [-0.1, -0.05) is 299 Å². The van der Waals surface area contributed by atoms with Crippen LogP contribution < -0.4 is 0 Å². The molecule has 0 spiro atoms. The monoisotopic (exact) mass is 1020 g/mol. The van der Waals surface area contributed by atoms with Crippen LogP contribution >= 0.6 is 0 Å². The largest absolute Gasteiger partial charge is 0.462 e. The van der Waals surface area contributed by atoms with Crippen LogP contribution in [0.5, 0.6) is 0 Å². The van der Waals surface area contributed by atoms with Gasteiger partial charge in [-0.25, -0.2) is 0 Å². The Morgan fingerprint density at radius 3 is 0.836 bits per heavy atom.